The fraction of sp³-hybridized carbons (Fsp3) is 0.333. The number of hydrogen-bond donors (Lipinski definition) is 0. The fourth-order valence-electron chi connectivity index (χ4n) is 3.09. The Labute approximate surface area is 200 Å². The first-order valence-electron chi connectivity index (χ1n) is 10.4. The molecule has 3 rings (SSSR count). The number of rotatable bonds is 5. The molecule has 1 aromatic heterocycles. The molecule has 164 valence electrons. The van der Waals surface area contributed by atoms with Gasteiger partial charge in [-0.05, 0) is 34.0 Å². The summed E-state index contributed by atoms with van der Waals surface area (Å²) in [6, 6.07) is 19.8. The van der Waals surface area contributed by atoms with Gasteiger partial charge in [0.25, 0.3) is 0 Å². The van der Waals surface area contributed by atoms with Crippen molar-refractivity contribution in [2.45, 2.75) is 48.1 Å². The number of allylic oxidation sites excluding steroid dienone is 2. The second kappa shape index (κ2) is 9.91. The first kappa shape index (κ1) is 25.0. The number of carbonyl (C=O) groups is 1. The van der Waals surface area contributed by atoms with Crippen molar-refractivity contribution in [3.8, 4) is 11.3 Å². The maximum absolute atomic E-state index is 12.5. The summed E-state index contributed by atoms with van der Waals surface area (Å²) in [6.07, 6.45) is 3.54. The van der Waals surface area contributed by atoms with Gasteiger partial charge in [-0.25, -0.2) is 0 Å². The molecule has 0 amide bonds. The molecule has 2 aromatic carbocycles. The van der Waals surface area contributed by atoms with Gasteiger partial charge in [0, 0.05) is 11.6 Å². The van der Waals surface area contributed by atoms with Crippen LogP contribution < -0.4 is 0 Å². The predicted octanol–water partition coefficient (Wildman–Crippen LogP) is 7.12. The van der Waals surface area contributed by atoms with E-state index in [9.17, 15) is 4.79 Å². The van der Waals surface area contributed by atoms with E-state index in [1.54, 1.807) is 6.08 Å². The molecule has 0 N–H and O–H groups in total. The van der Waals surface area contributed by atoms with Gasteiger partial charge in [-0.15, -0.1) is 41.9 Å². The van der Waals surface area contributed by atoms with Gasteiger partial charge in [-0.3, -0.25) is 4.79 Å². The number of nitrogens with zero attached hydrogens (tertiary/aromatic N) is 2. The molecule has 0 radical (unpaired) electrons. The van der Waals surface area contributed by atoms with Crippen LogP contribution in [0.4, 0.5) is 0 Å². The van der Waals surface area contributed by atoms with Crippen molar-refractivity contribution in [1.82, 2.24) is 4.98 Å². The molecule has 3 aromatic rings. The van der Waals surface area contributed by atoms with E-state index in [4.69, 9.17) is 5.32 Å². The molecule has 0 unspecified atom stereocenters. The predicted molar refractivity (Wildman–Crippen MR) is 125 cm³/mol. The van der Waals surface area contributed by atoms with E-state index in [1.165, 1.54) is 0 Å². The molecule has 0 saturated heterocycles. The third-order valence-corrected chi connectivity index (χ3v) is 4.98. The van der Waals surface area contributed by atoms with Gasteiger partial charge in [-0.1, -0.05) is 65.8 Å². The molecule has 0 aliphatic heterocycles. The molecule has 4 heteroatoms. The van der Waals surface area contributed by atoms with Gasteiger partial charge < -0.3 is 10.3 Å². The number of ketones is 1. The van der Waals surface area contributed by atoms with Gasteiger partial charge in [0.15, 0.2) is 5.78 Å². The molecule has 0 bridgehead atoms. The van der Waals surface area contributed by atoms with Crippen molar-refractivity contribution in [1.29, 1.82) is 0 Å². The van der Waals surface area contributed by atoms with E-state index >= 15 is 0 Å². The van der Waals surface area contributed by atoms with Crippen molar-refractivity contribution in [3.63, 3.8) is 0 Å². The van der Waals surface area contributed by atoms with Crippen molar-refractivity contribution < 1.29 is 25.9 Å². The summed E-state index contributed by atoms with van der Waals surface area (Å²) in [7, 11) is 0. The first-order chi connectivity index (χ1) is 14.1. The van der Waals surface area contributed by atoms with Gasteiger partial charge in [0.05, 0.1) is 0 Å². The molecule has 0 spiro atoms. The zero-order valence-corrected chi connectivity index (χ0v) is 21.4. The van der Waals surface area contributed by atoms with Gasteiger partial charge in [0.2, 0.25) is 0 Å². The Kier molecular flexibility index (Phi) is 8.00. The number of pyridine rings is 1. The average Bonchev–Trinajstić information content (AvgIpc) is 2.69. The van der Waals surface area contributed by atoms with E-state index in [1.807, 2.05) is 63.4 Å². The zero-order valence-electron chi connectivity index (χ0n) is 19.1. The molecule has 0 aliphatic rings. The second-order valence-corrected chi connectivity index (χ2v) is 9.68. The quantitative estimate of drug-likeness (QED) is 0.234. The van der Waals surface area contributed by atoms with Crippen LogP contribution >= 0.6 is 0 Å². The van der Waals surface area contributed by atoms with E-state index in [0.717, 1.165) is 33.3 Å². The minimum absolute atomic E-state index is 0. The number of carbonyl (C=O) groups excluding carboxylic acids is 1. The van der Waals surface area contributed by atoms with Crippen molar-refractivity contribution in [3.05, 3.63) is 83.4 Å². The number of benzene rings is 2. The summed E-state index contributed by atoms with van der Waals surface area (Å²) in [5, 5.41) is 7.07. The van der Waals surface area contributed by atoms with E-state index in [0.29, 0.717) is 6.54 Å². The maximum atomic E-state index is 12.5. The minimum atomic E-state index is -0.419. The Morgan fingerprint density at radius 2 is 1.68 bits per heavy atom. The molecular formula is C27H30N2OPt. The Hall–Kier alpha value is -2.25. The molecule has 0 saturated carbocycles. The molecule has 1 heterocycles. The fourth-order valence-corrected chi connectivity index (χ4v) is 3.09. The normalized spacial score (nSPS) is 12.4. The Balaban J connectivity index is 0.00000341. The average molecular weight is 594 g/mol. The van der Waals surface area contributed by atoms with Crippen LogP contribution in [0.15, 0.2) is 66.5 Å². The molecule has 31 heavy (non-hydrogen) atoms. The minimum Gasteiger partial charge on any atom is -0.685 e. The van der Waals surface area contributed by atoms with Crippen LogP contribution in [0.5, 0.6) is 0 Å². The standard InChI is InChI=1S/C27H31N2O.Pt/c1-26(2,3)23(17-24(30)27(4,5)6)29-18-19-10-9-12-21(16-19)25-22-13-8-7-11-20(22)14-15-28-25;/h7-15,17H,18H2,1-6H3,(H,29,30);/q-1;+2/p-1. The summed E-state index contributed by atoms with van der Waals surface area (Å²) in [6.45, 7) is 12.5. The zero-order chi connectivity index (χ0) is 21.9. The van der Waals surface area contributed by atoms with Gasteiger partial charge >= 0.3 is 21.1 Å². The van der Waals surface area contributed by atoms with Crippen molar-refractivity contribution >= 4 is 16.6 Å². The molecule has 0 atom stereocenters. The van der Waals surface area contributed by atoms with Crippen molar-refractivity contribution in [2.75, 3.05) is 0 Å². The number of fused-ring (bicyclic) bond motifs is 1. The van der Waals surface area contributed by atoms with E-state index in [-0.39, 0.29) is 32.3 Å². The monoisotopic (exact) mass is 593 g/mol. The SMILES string of the molecule is CC(C)(C)C(=O)/C=C(\[N-]Cc1[c-]c(-c2nccc3ccccc23)ccc1)C(C)(C)C.[Pt+2]. The topological polar surface area (TPSA) is 44.1 Å². The van der Waals surface area contributed by atoms with Crippen LogP contribution in [0.3, 0.4) is 0 Å². The molecular weight excluding hydrogens is 563 g/mol. The Bertz CT molecular complexity index is 1080. The van der Waals surface area contributed by atoms with Crippen molar-refractivity contribution in [2.24, 2.45) is 10.8 Å². The molecule has 0 aliphatic carbocycles. The third-order valence-electron chi connectivity index (χ3n) is 4.98. The van der Waals surface area contributed by atoms with Crippen LogP contribution in [0, 0.1) is 16.9 Å². The van der Waals surface area contributed by atoms with Crippen LogP contribution in [0.25, 0.3) is 27.3 Å². The summed E-state index contributed by atoms with van der Waals surface area (Å²) < 4.78 is 0. The summed E-state index contributed by atoms with van der Waals surface area (Å²) in [5.41, 5.74) is 3.02. The van der Waals surface area contributed by atoms with Gasteiger partial charge in [0.1, 0.15) is 0 Å². The smallest absolute Gasteiger partial charge is 0.685 e. The maximum Gasteiger partial charge on any atom is 2.00 e. The summed E-state index contributed by atoms with van der Waals surface area (Å²) in [5.74, 6) is 0.0915. The van der Waals surface area contributed by atoms with Gasteiger partial charge in [-0.2, -0.15) is 5.70 Å². The summed E-state index contributed by atoms with van der Waals surface area (Å²) in [4.78, 5) is 17.1. The van der Waals surface area contributed by atoms with Crippen LogP contribution in [0.2, 0.25) is 0 Å². The molecule has 0 fully saturated rings. The van der Waals surface area contributed by atoms with Crippen LogP contribution in [-0.4, -0.2) is 10.8 Å². The van der Waals surface area contributed by atoms with Crippen LogP contribution in [-0.2, 0) is 32.4 Å². The van der Waals surface area contributed by atoms with E-state index in [2.05, 4.69) is 44.0 Å². The second-order valence-electron chi connectivity index (χ2n) is 9.68. The molecule has 3 nitrogen and oxygen atoms in total. The Morgan fingerprint density at radius 3 is 2.35 bits per heavy atom. The third kappa shape index (κ3) is 6.37. The van der Waals surface area contributed by atoms with E-state index < -0.39 is 5.41 Å². The largest absolute Gasteiger partial charge is 2.00 e. The number of aromatic nitrogens is 1. The van der Waals surface area contributed by atoms with Crippen LogP contribution in [0.1, 0.15) is 47.1 Å². The number of hydrogen-bond acceptors (Lipinski definition) is 2. The Morgan fingerprint density at radius 1 is 0.968 bits per heavy atom. The summed E-state index contributed by atoms with van der Waals surface area (Å²) >= 11 is 0. The first-order valence-corrected chi connectivity index (χ1v) is 10.4.